The molecule has 0 saturated carbocycles. The van der Waals surface area contributed by atoms with Crippen LogP contribution in [-0.4, -0.2) is 53.1 Å². The van der Waals surface area contributed by atoms with Crippen LogP contribution in [0.3, 0.4) is 0 Å². The molecule has 0 aliphatic carbocycles. The molecule has 1 heterocycles. The van der Waals surface area contributed by atoms with Crippen LogP contribution in [0.4, 0.5) is 4.79 Å². The predicted octanol–water partition coefficient (Wildman–Crippen LogP) is 2.44. The standard InChI is InChI=1S/C15H26N2O3/c1-5-8-16(9-6-2)14(20)17-10-7-15(11-17,12(3)4)13(18)19/h5,12H,1,6-11H2,2-4H3,(H,18,19). The van der Waals surface area contributed by atoms with E-state index in [1.54, 1.807) is 15.9 Å². The third-order valence-corrected chi connectivity index (χ3v) is 4.22. The third-order valence-electron chi connectivity index (χ3n) is 4.22. The highest BCUT2D eigenvalue weighted by atomic mass is 16.4. The number of hydrogen-bond donors (Lipinski definition) is 1. The number of amides is 2. The topological polar surface area (TPSA) is 60.9 Å². The van der Waals surface area contributed by atoms with Crippen LogP contribution in [0.25, 0.3) is 0 Å². The number of carbonyl (C=O) groups excluding carboxylic acids is 1. The lowest BCUT2D eigenvalue weighted by atomic mass is 9.76. The first kappa shape index (κ1) is 16.5. The summed E-state index contributed by atoms with van der Waals surface area (Å²) in [7, 11) is 0. The number of aliphatic carboxylic acids is 1. The first-order valence-corrected chi connectivity index (χ1v) is 7.27. The molecule has 1 aliphatic heterocycles. The maximum absolute atomic E-state index is 12.5. The summed E-state index contributed by atoms with van der Waals surface area (Å²) in [5, 5.41) is 9.51. The summed E-state index contributed by atoms with van der Waals surface area (Å²) in [5.74, 6) is -0.787. The van der Waals surface area contributed by atoms with Crippen LogP contribution in [-0.2, 0) is 4.79 Å². The van der Waals surface area contributed by atoms with Gasteiger partial charge in [-0.1, -0.05) is 26.8 Å². The lowest BCUT2D eigenvalue weighted by Crippen LogP contribution is -2.45. The molecule has 114 valence electrons. The van der Waals surface area contributed by atoms with Crippen LogP contribution in [0.5, 0.6) is 0 Å². The molecule has 1 N–H and O–H groups in total. The lowest BCUT2D eigenvalue weighted by molar-refractivity contribution is -0.150. The largest absolute Gasteiger partial charge is 0.481 e. The highest BCUT2D eigenvalue weighted by Gasteiger charge is 2.48. The molecule has 1 unspecified atom stereocenters. The second kappa shape index (κ2) is 6.77. The fourth-order valence-electron chi connectivity index (χ4n) is 2.78. The number of carboxylic acid groups (broad SMARTS) is 1. The van der Waals surface area contributed by atoms with Gasteiger partial charge in [-0.15, -0.1) is 6.58 Å². The van der Waals surface area contributed by atoms with Crippen molar-refractivity contribution in [1.29, 1.82) is 0 Å². The van der Waals surface area contributed by atoms with Gasteiger partial charge in [-0.05, 0) is 18.8 Å². The van der Waals surface area contributed by atoms with E-state index in [1.807, 2.05) is 20.8 Å². The van der Waals surface area contributed by atoms with E-state index < -0.39 is 11.4 Å². The Morgan fingerprint density at radius 3 is 2.55 bits per heavy atom. The zero-order chi connectivity index (χ0) is 15.3. The number of hydrogen-bond acceptors (Lipinski definition) is 2. The Morgan fingerprint density at radius 1 is 1.50 bits per heavy atom. The van der Waals surface area contributed by atoms with E-state index in [0.29, 0.717) is 32.6 Å². The highest BCUT2D eigenvalue weighted by Crippen LogP contribution is 2.38. The van der Waals surface area contributed by atoms with Gasteiger partial charge in [0.1, 0.15) is 0 Å². The molecule has 0 spiro atoms. The molecule has 5 nitrogen and oxygen atoms in total. The van der Waals surface area contributed by atoms with Crippen molar-refractivity contribution in [3.05, 3.63) is 12.7 Å². The van der Waals surface area contributed by atoms with Gasteiger partial charge in [-0.2, -0.15) is 0 Å². The van der Waals surface area contributed by atoms with Crippen molar-refractivity contribution >= 4 is 12.0 Å². The number of rotatable bonds is 6. The molecule has 1 fully saturated rings. The van der Waals surface area contributed by atoms with Crippen LogP contribution in [0.15, 0.2) is 12.7 Å². The lowest BCUT2D eigenvalue weighted by Gasteiger charge is -2.31. The summed E-state index contributed by atoms with van der Waals surface area (Å²) in [6.07, 6.45) is 3.11. The third kappa shape index (κ3) is 3.14. The second-order valence-electron chi connectivity index (χ2n) is 5.80. The maximum atomic E-state index is 12.5. The van der Waals surface area contributed by atoms with Gasteiger partial charge in [-0.25, -0.2) is 4.79 Å². The average molecular weight is 282 g/mol. The molecule has 0 aromatic heterocycles. The first-order valence-electron chi connectivity index (χ1n) is 7.27. The van der Waals surface area contributed by atoms with Crippen molar-refractivity contribution in [1.82, 2.24) is 9.80 Å². The Balaban J connectivity index is 2.82. The van der Waals surface area contributed by atoms with Gasteiger partial charge in [0.25, 0.3) is 0 Å². The molecule has 0 radical (unpaired) electrons. The van der Waals surface area contributed by atoms with E-state index >= 15 is 0 Å². The van der Waals surface area contributed by atoms with Gasteiger partial charge < -0.3 is 14.9 Å². The molecular weight excluding hydrogens is 256 g/mol. The van der Waals surface area contributed by atoms with Gasteiger partial charge in [0.2, 0.25) is 0 Å². The zero-order valence-electron chi connectivity index (χ0n) is 12.8. The smallest absolute Gasteiger partial charge is 0.320 e. The molecular formula is C15H26N2O3. The summed E-state index contributed by atoms with van der Waals surface area (Å²) >= 11 is 0. The Bertz CT molecular complexity index is 381. The maximum Gasteiger partial charge on any atom is 0.320 e. The minimum Gasteiger partial charge on any atom is -0.481 e. The van der Waals surface area contributed by atoms with Gasteiger partial charge >= 0.3 is 12.0 Å². The quantitative estimate of drug-likeness (QED) is 0.761. The van der Waals surface area contributed by atoms with Crippen molar-refractivity contribution in [3.8, 4) is 0 Å². The number of carboxylic acids is 1. The number of likely N-dealkylation sites (tertiary alicyclic amines) is 1. The van der Waals surface area contributed by atoms with Gasteiger partial charge in [-0.3, -0.25) is 4.79 Å². The normalized spacial score (nSPS) is 22.1. The number of carbonyl (C=O) groups is 2. The fraction of sp³-hybridized carbons (Fsp3) is 0.733. The van der Waals surface area contributed by atoms with E-state index in [0.717, 1.165) is 6.42 Å². The molecule has 20 heavy (non-hydrogen) atoms. The van der Waals surface area contributed by atoms with Crippen molar-refractivity contribution in [3.63, 3.8) is 0 Å². The number of nitrogens with zero attached hydrogens (tertiary/aromatic N) is 2. The molecule has 0 aromatic rings. The summed E-state index contributed by atoms with van der Waals surface area (Å²) in [5.41, 5.74) is -0.804. The predicted molar refractivity (Wildman–Crippen MR) is 78.6 cm³/mol. The summed E-state index contributed by atoms with van der Waals surface area (Å²) in [6.45, 7) is 11.5. The summed E-state index contributed by atoms with van der Waals surface area (Å²) in [6, 6.07) is -0.0736. The fourth-order valence-corrected chi connectivity index (χ4v) is 2.78. The molecule has 0 bridgehead atoms. The second-order valence-corrected chi connectivity index (χ2v) is 5.80. The monoisotopic (exact) mass is 282 g/mol. The van der Waals surface area contributed by atoms with Crippen LogP contribution in [0.1, 0.15) is 33.6 Å². The van der Waals surface area contributed by atoms with Gasteiger partial charge in [0, 0.05) is 26.2 Å². The summed E-state index contributed by atoms with van der Waals surface area (Å²) < 4.78 is 0. The Labute approximate surface area is 121 Å². The van der Waals surface area contributed by atoms with Crippen molar-refractivity contribution in [2.24, 2.45) is 11.3 Å². The van der Waals surface area contributed by atoms with Crippen LogP contribution in [0.2, 0.25) is 0 Å². The molecule has 1 rings (SSSR count). The Morgan fingerprint density at radius 2 is 2.15 bits per heavy atom. The molecule has 1 saturated heterocycles. The molecule has 0 aromatic carbocycles. The van der Waals surface area contributed by atoms with E-state index in [-0.39, 0.29) is 11.9 Å². The van der Waals surface area contributed by atoms with E-state index in [4.69, 9.17) is 0 Å². The first-order chi connectivity index (χ1) is 9.39. The minimum atomic E-state index is -0.804. The van der Waals surface area contributed by atoms with Crippen LogP contribution >= 0.6 is 0 Å². The molecule has 1 aliphatic rings. The van der Waals surface area contributed by atoms with E-state index in [2.05, 4.69) is 6.58 Å². The zero-order valence-corrected chi connectivity index (χ0v) is 12.8. The molecule has 1 atom stereocenters. The van der Waals surface area contributed by atoms with Crippen molar-refractivity contribution < 1.29 is 14.7 Å². The number of urea groups is 1. The average Bonchev–Trinajstić information content (AvgIpc) is 2.84. The SMILES string of the molecule is C=CCN(CCC)C(=O)N1CCC(C(=O)O)(C(C)C)C1. The molecule has 5 heteroatoms. The van der Waals surface area contributed by atoms with Crippen LogP contribution in [0, 0.1) is 11.3 Å². The van der Waals surface area contributed by atoms with Crippen molar-refractivity contribution in [2.45, 2.75) is 33.6 Å². The minimum absolute atomic E-state index is 0.0110. The molecule has 2 amide bonds. The highest BCUT2D eigenvalue weighted by molar-refractivity contribution is 5.80. The van der Waals surface area contributed by atoms with Gasteiger partial charge in [0.15, 0.2) is 0 Å². The van der Waals surface area contributed by atoms with Crippen LogP contribution < -0.4 is 0 Å². The van der Waals surface area contributed by atoms with Crippen molar-refractivity contribution in [2.75, 3.05) is 26.2 Å². The van der Waals surface area contributed by atoms with E-state index in [1.165, 1.54) is 0 Å². The van der Waals surface area contributed by atoms with E-state index in [9.17, 15) is 14.7 Å². The Kier molecular flexibility index (Phi) is 5.60. The Hall–Kier alpha value is -1.52. The summed E-state index contributed by atoms with van der Waals surface area (Å²) in [4.78, 5) is 27.5. The van der Waals surface area contributed by atoms with Gasteiger partial charge in [0.05, 0.1) is 5.41 Å².